The third kappa shape index (κ3) is 5.11. The molecule has 0 radical (unpaired) electrons. The molecular formula is C18H25F3N2O2. The summed E-state index contributed by atoms with van der Waals surface area (Å²) in [5.74, 6) is 0.397. The second kappa shape index (κ2) is 7.64. The number of nitrogens with one attached hydrogen (secondary N) is 1. The maximum Gasteiger partial charge on any atom is 0.405 e. The summed E-state index contributed by atoms with van der Waals surface area (Å²) in [6.45, 7) is 3.37. The smallest absolute Gasteiger partial charge is 0.405 e. The zero-order valence-electron chi connectivity index (χ0n) is 14.8. The normalized spacial score (nSPS) is 18.9. The van der Waals surface area contributed by atoms with Gasteiger partial charge < -0.3 is 4.74 Å². The van der Waals surface area contributed by atoms with E-state index in [1.54, 1.807) is 21.0 Å². The lowest BCUT2D eigenvalue weighted by Gasteiger charge is -2.29. The first-order valence-corrected chi connectivity index (χ1v) is 8.41. The molecule has 0 saturated carbocycles. The summed E-state index contributed by atoms with van der Waals surface area (Å²) in [4.78, 5) is 11.8. The number of carbonyl (C=O) groups excluding carboxylic acids is 1. The Morgan fingerprint density at radius 1 is 1.24 bits per heavy atom. The molecule has 2 rings (SSSR count). The van der Waals surface area contributed by atoms with Gasteiger partial charge in [0, 0.05) is 6.54 Å². The minimum atomic E-state index is -4.37. The Bertz CT molecular complexity index is 585. The van der Waals surface area contributed by atoms with Gasteiger partial charge in [0.15, 0.2) is 0 Å². The van der Waals surface area contributed by atoms with Crippen molar-refractivity contribution in [1.29, 1.82) is 0 Å². The van der Waals surface area contributed by atoms with Crippen molar-refractivity contribution in [2.45, 2.75) is 51.7 Å². The average molecular weight is 358 g/mol. The maximum absolute atomic E-state index is 13.4. The summed E-state index contributed by atoms with van der Waals surface area (Å²) in [6.07, 6.45) is -2.59. The van der Waals surface area contributed by atoms with Crippen LogP contribution < -0.4 is 10.2 Å². The van der Waals surface area contributed by atoms with Crippen LogP contribution in [0.4, 0.5) is 13.2 Å². The standard InChI is InChI=1S/C18H25F3N2O2/c1-17(2)12-23(22-16(17)24)15(18(19,20)21)7-5-4-6-13-8-10-14(25-3)11-9-13/h8-11,15H,4-7,12H2,1-3H3,(H,22,24). The van der Waals surface area contributed by atoms with Crippen molar-refractivity contribution in [2.75, 3.05) is 13.7 Å². The Hall–Kier alpha value is -1.76. The lowest BCUT2D eigenvalue weighted by atomic mass is 9.94. The number of ether oxygens (including phenoxy) is 1. The summed E-state index contributed by atoms with van der Waals surface area (Å²) in [6, 6.07) is 5.88. The monoisotopic (exact) mass is 358 g/mol. The number of aryl methyl sites for hydroxylation is 1. The highest BCUT2D eigenvalue weighted by Gasteiger charge is 2.49. The van der Waals surface area contributed by atoms with Crippen LogP contribution in [0.2, 0.25) is 0 Å². The number of carbonyl (C=O) groups is 1. The second-order valence-corrected chi connectivity index (χ2v) is 7.10. The van der Waals surface area contributed by atoms with Crippen LogP contribution in [0.25, 0.3) is 0 Å². The fraction of sp³-hybridized carbons (Fsp3) is 0.611. The van der Waals surface area contributed by atoms with Crippen molar-refractivity contribution in [3.05, 3.63) is 29.8 Å². The molecule has 1 heterocycles. The molecule has 1 aliphatic heterocycles. The predicted molar refractivity (Wildman–Crippen MR) is 89.0 cm³/mol. The van der Waals surface area contributed by atoms with E-state index >= 15 is 0 Å². The molecular weight excluding hydrogens is 333 g/mol. The zero-order valence-corrected chi connectivity index (χ0v) is 14.8. The van der Waals surface area contributed by atoms with Crippen LogP contribution in [-0.4, -0.2) is 36.8 Å². The van der Waals surface area contributed by atoms with Gasteiger partial charge in [0.25, 0.3) is 0 Å². The molecule has 25 heavy (non-hydrogen) atoms. The molecule has 1 aliphatic rings. The number of benzene rings is 1. The van der Waals surface area contributed by atoms with Gasteiger partial charge in [-0.1, -0.05) is 18.6 Å². The summed E-state index contributed by atoms with van der Waals surface area (Å²) in [5.41, 5.74) is 2.65. The van der Waals surface area contributed by atoms with Gasteiger partial charge in [0.2, 0.25) is 5.91 Å². The topological polar surface area (TPSA) is 41.6 Å². The van der Waals surface area contributed by atoms with Crippen molar-refractivity contribution < 1.29 is 22.7 Å². The summed E-state index contributed by atoms with van der Waals surface area (Å²) in [5, 5.41) is 1.05. The Morgan fingerprint density at radius 2 is 1.88 bits per heavy atom. The first kappa shape index (κ1) is 19.6. The molecule has 1 N–H and O–H groups in total. The van der Waals surface area contributed by atoms with Crippen LogP contribution >= 0.6 is 0 Å². The van der Waals surface area contributed by atoms with E-state index in [-0.39, 0.29) is 18.9 Å². The number of alkyl halides is 3. The van der Waals surface area contributed by atoms with Crippen LogP contribution in [0, 0.1) is 5.41 Å². The fourth-order valence-corrected chi connectivity index (χ4v) is 2.96. The SMILES string of the molecule is COc1ccc(CCCCC(N2CC(C)(C)C(=O)N2)C(F)(F)F)cc1. The fourth-order valence-electron chi connectivity index (χ4n) is 2.96. The van der Waals surface area contributed by atoms with E-state index in [2.05, 4.69) is 5.43 Å². The van der Waals surface area contributed by atoms with Gasteiger partial charge in [-0.05, 0) is 50.8 Å². The number of rotatable bonds is 7. The van der Waals surface area contributed by atoms with Gasteiger partial charge in [0.1, 0.15) is 11.8 Å². The highest BCUT2D eigenvalue weighted by Crippen LogP contribution is 2.33. The number of hydrazine groups is 1. The van der Waals surface area contributed by atoms with Crippen LogP contribution in [0.15, 0.2) is 24.3 Å². The van der Waals surface area contributed by atoms with Crippen LogP contribution in [-0.2, 0) is 11.2 Å². The van der Waals surface area contributed by atoms with Crippen molar-refractivity contribution in [3.8, 4) is 5.75 Å². The molecule has 0 aromatic heterocycles. The molecule has 1 aromatic carbocycles. The Balaban J connectivity index is 1.87. The van der Waals surface area contributed by atoms with E-state index in [9.17, 15) is 18.0 Å². The van der Waals surface area contributed by atoms with E-state index in [0.29, 0.717) is 19.3 Å². The van der Waals surface area contributed by atoms with Gasteiger partial charge in [-0.15, -0.1) is 0 Å². The molecule has 1 fully saturated rings. The van der Waals surface area contributed by atoms with E-state index in [4.69, 9.17) is 4.74 Å². The summed E-state index contributed by atoms with van der Waals surface area (Å²) in [7, 11) is 1.59. The van der Waals surface area contributed by atoms with Crippen LogP contribution in [0.5, 0.6) is 5.75 Å². The molecule has 0 bridgehead atoms. The highest BCUT2D eigenvalue weighted by atomic mass is 19.4. The zero-order chi connectivity index (χ0) is 18.7. The van der Waals surface area contributed by atoms with Crippen LogP contribution in [0.3, 0.4) is 0 Å². The first-order valence-electron chi connectivity index (χ1n) is 8.41. The molecule has 0 aliphatic carbocycles. The number of unbranched alkanes of at least 4 members (excludes halogenated alkanes) is 1. The van der Waals surface area contributed by atoms with Gasteiger partial charge >= 0.3 is 6.18 Å². The summed E-state index contributed by atoms with van der Waals surface area (Å²) < 4.78 is 45.2. The molecule has 4 nitrogen and oxygen atoms in total. The van der Waals surface area contributed by atoms with Gasteiger partial charge in [-0.2, -0.15) is 13.2 Å². The molecule has 1 saturated heterocycles. The Labute approximate surface area is 146 Å². The molecule has 7 heteroatoms. The number of hydrogen-bond donors (Lipinski definition) is 1. The van der Waals surface area contributed by atoms with Gasteiger partial charge in [-0.25, -0.2) is 5.01 Å². The minimum Gasteiger partial charge on any atom is -0.497 e. The molecule has 1 unspecified atom stereocenters. The predicted octanol–water partition coefficient (Wildman–Crippen LogP) is 3.71. The first-order chi connectivity index (χ1) is 11.6. The highest BCUT2D eigenvalue weighted by molar-refractivity contribution is 5.83. The van der Waals surface area contributed by atoms with Crippen molar-refractivity contribution in [2.24, 2.45) is 5.41 Å². The van der Waals surface area contributed by atoms with Crippen molar-refractivity contribution >= 4 is 5.91 Å². The Morgan fingerprint density at radius 3 is 2.36 bits per heavy atom. The van der Waals surface area contributed by atoms with E-state index in [0.717, 1.165) is 16.3 Å². The van der Waals surface area contributed by atoms with Gasteiger partial charge in [0.05, 0.1) is 12.5 Å². The quantitative estimate of drug-likeness (QED) is 0.756. The minimum absolute atomic E-state index is 0.0317. The largest absolute Gasteiger partial charge is 0.497 e. The lowest BCUT2D eigenvalue weighted by molar-refractivity contribution is -0.190. The van der Waals surface area contributed by atoms with Gasteiger partial charge in [-0.3, -0.25) is 10.2 Å². The van der Waals surface area contributed by atoms with Crippen molar-refractivity contribution in [3.63, 3.8) is 0 Å². The molecule has 1 aromatic rings. The van der Waals surface area contributed by atoms with Crippen LogP contribution in [0.1, 0.15) is 38.7 Å². The second-order valence-electron chi connectivity index (χ2n) is 7.10. The molecule has 1 atom stereocenters. The average Bonchev–Trinajstić information content (AvgIpc) is 2.79. The maximum atomic E-state index is 13.4. The number of methoxy groups -OCH3 is 1. The van der Waals surface area contributed by atoms with E-state index in [1.807, 2.05) is 24.3 Å². The summed E-state index contributed by atoms with van der Waals surface area (Å²) >= 11 is 0. The molecule has 0 spiro atoms. The van der Waals surface area contributed by atoms with E-state index < -0.39 is 17.6 Å². The number of nitrogens with zero attached hydrogens (tertiary/aromatic N) is 1. The third-order valence-corrected chi connectivity index (χ3v) is 4.53. The molecule has 140 valence electrons. The van der Waals surface area contributed by atoms with Crippen molar-refractivity contribution in [1.82, 2.24) is 10.4 Å². The van der Waals surface area contributed by atoms with E-state index in [1.165, 1.54) is 0 Å². The number of amides is 1. The number of hydrogen-bond acceptors (Lipinski definition) is 3. The molecule has 1 amide bonds. The third-order valence-electron chi connectivity index (χ3n) is 4.53. The lowest BCUT2D eigenvalue weighted by Crippen LogP contribution is -2.49. The number of halogens is 3. The Kier molecular flexibility index (Phi) is 5.98.